The summed E-state index contributed by atoms with van der Waals surface area (Å²) >= 11 is 0. The minimum atomic E-state index is -3.90. The van der Waals surface area contributed by atoms with Gasteiger partial charge in [0.25, 0.3) is 0 Å². The summed E-state index contributed by atoms with van der Waals surface area (Å²) in [4.78, 5) is -0.372. The molecule has 1 aromatic carbocycles. The number of sulfonamides is 1. The molecule has 0 aliphatic heterocycles. The summed E-state index contributed by atoms with van der Waals surface area (Å²) in [6.45, 7) is 1.62. The lowest BCUT2D eigenvalue weighted by molar-refractivity contribution is 0.458. The van der Waals surface area contributed by atoms with Gasteiger partial charge in [0.05, 0.1) is 12.3 Å². The lowest BCUT2D eigenvalue weighted by Crippen LogP contribution is -2.27. The predicted octanol–water partition coefficient (Wildman–Crippen LogP) is 2.46. The first kappa shape index (κ1) is 12.8. The van der Waals surface area contributed by atoms with E-state index < -0.39 is 21.9 Å². The minimum absolute atomic E-state index is 0.372. The summed E-state index contributed by atoms with van der Waals surface area (Å²) in [5.74, 6) is -0.313. The van der Waals surface area contributed by atoms with Crippen LogP contribution in [-0.2, 0) is 10.0 Å². The van der Waals surface area contributed by atoms with Crippen molar-refractivity contribution >= 4 is 10.0 Å². The van der Waals surface area contributed by atoms with Crippen molar-refractivity contribution < 1.29 is 17.2 Å². The third kappa shape index (κ3) is 2.60. The van der Waals surface area contributed by atoms with Gasteiger partial charge in [-0.1, -0.05) is 12.1 Å². The van der Waals surface area contributed by atoms with Crippen LogP contribution in [0.2, 0.25) is 0 Å². The SMILES string of the molecule is C[C@@H](NS(=O)(=O)c1ccccc1F)c1ccco1. The molecule has 1 N–H and O–H groups in total. The third-order valence-corrected chi connectivity index (χ3v) is 4.00. The Labute approximate surface area is 104 Å². The van der Waals surface area contributed by atoms with Gasteiger partial charge in [0.15, 0.2) is 0 Å². The largest absolute Gasteiger partial charge is 0.468 e. The first-order chi connectivity index (χ1) is 8.50. The van der Waals surface area contributed by atoms with Crippen LogP contribution in [0.5, 0.6) is 0 Å². The summed E-state index contributed by atoms with van der Waals surface area (Å²) in [5.41, 5.74) is 0. The number of nitrogens with one attached hydrogen (secondary N) is 1. The Balaban J connectivity index is 2.26. The van der Waals surface area contributed by atoms with Crippen LogP contribution in [0.4, 0.5) is 4.39 Å². The molecule has 96 valence electrons. The van der Waals surface area contributed by atoms with E-state index in [4.69, 9.17) is 4.42 Å². The van der Waals surface area contributed by atoms with Crippen molar-refractivity contribution in [2.24, 2.45) is 0 Å². The Hall–Kier alpha value is -1.66. The molecular formula is C12H12FNO3S. The van der Waals surface area contributed by atoms with Crippen LogP contribution in [-0.4, -0.2) is 8.42 Å². The fourth-order valence-corrected chi connectivity index (χ4v) is 2.85. The van der Waals surface area contributed by atoms with Crippen molar-refractivity contribution in [3.05, 3.63) is 54.2 Å². The Morgan fingerprint density at radius 1 is 1.22 bits per heavy atom. The molecule has 0 saturated heterocycles. The topological polar surface area (TPSA) is 59.3 Å². The maximum atomic E-state index is 13.4. The van der Waals surface area contributed by atoms with Gasteiger partial charge in [0, 0.05) is 0 Å². The lowest BCUT2D eigenvalue weighted by Gasteiger charge is -2.12. The normalized spacial score (nSPS) is 13.4. The molecule has 0 saturated carbocycles. The predicted molar refractivity (Wildman–Crippen MR) is 63.8 cm³/mol. The molecule has 0 spiro atoms. The highest BCUT2D eigenvalue weighted by molar-refractivity contribution is 7.89. The molecule has 1 aromatic heterocycles. The number of halogens is 1. The number of hydrogen-bond donors (Lipinski definition) is 1. The van der Waals surface area contributed by atoms with E-state index in [0.29, 0.717) is 5.76 Å². The second-order valence-corrected chi connectivity index (χ2v) is 5.47. The Morgan fingerprint density at radius 3 is 2.56 bits per heavy atom. The number of hydrogen-bond acceptors (Lipinski definition) is 3. The van der Waals surface area contributed by atoms with Gasteiger partial charge >= 0.3 is 0 Å². The molecule has 6 heteroatoms. The molecule has 18 heavy (non-hydrogen) atoms. The van der Waals surface area contributed by atoms with E-state index in [9.17, 15) is 12.8 Å². The van der Waals surface area contributed by atoms with Crippen molar-refractivity contribution in [1.82, 2.24) is 4.72 Å². The average Bonchev–Trinajstić information content (AvgIpc) is 2.82. The smallest absolute Gasteiger partial charge is 0.244 e. The third-order valence-electron chi connectivity index (χ3n) is 2.43. The quantitative estimate of drug-likeness (QED) is 0.927. The molecule has 0 amide bonds. The van der Waals surface area contributed by atoms with Crippen molar-refractivity contribution in [3.8, 4) is 0 Å². The standard InChI is InChI=1S/C12H12FNO3S/c1-9(11-6-4-8-17-11)14-18(15,16)12-7-3-2-5-10(12)13/h2-9,14H,1H3/t9-/m1/s1. The van der Waals surface area contributed by atoms with Crippen LogP contribution in [0.25, 0.3) is 0 Å². The molecule has 2 aromatic rings. The monoisotopic (exact) mass is 269 g/mol. The molecule has 0 aliphatic carbocycles. The molecule has 0 fully saturated rings. The summed E-state index contributed by atoms with van der Waals surface area (Å²) in [7, 11) is -3.90. The van der Waals surface area contributed by atoms with Crippen molar-refractivity contribution in [2.75, 3.05) is 0 Å². The van der Waals surface area contributed by atoms with Gasteiger partial charge in [0.2, 0.25) is 10.0 Å². The van der Waals surface area contributed by atoms with E-state index in [-0.39, 0.29) is 4.90 Å². The molecule has 1 atom stereocenters. The second-order valence-electron chi connectivity index (χ2n) is 3.79. The summed E-state index contributed by atoms with van der Waals surface area (Å²) in [6.07, 6.45) is 1.45. The second kappa shape index (κ2) is 4.91. The van der Waals surface area contributed by atoms with Crippen molar-refractivity contribution in [2.45, 2.75) is 17.9 Å². The van der Waals surface area contributed by atoms with Crippen LogP contribution in [0.15, 0.2) is 52.0 Å². The van der Waals surface area contributed by atoms with E-state index in [2.05, 4.69) is 4.72 Å². The molecule has 0 bridgehead atoms. The molecule has 2 rings (SSSR count). The highest BCUT2D eigenvalue weighted by atomic mass is 32.2. The maximum Gasteiger partial charge on any atom is 0.244 e. The minimum Gasteiger partial charge on any atom is -0.468 e. The van der Waals surface area contributed by atoms with Crippen molar-refractivity contribution in [3.63, 3.8) is 0 Å². The zero-order valence-electron chi connectivity index (χ0n) is 9.63. The van der Waals surface area contributed by atoms with Gasteiger partial charge in [-0.2, -0.15) is 0 Å². The van der Waals surface area contributed by atoms with Gasteiger partial charge in [-0.25, -0.2) is 17.5 Å². The highest BCUT2D eigenvalue weighted by Gasteiger charge is 2.22. The van der Waals surface area contributed by atoms with Crippen LogP contribution in [0, 0.1) is 5.82 Å². The van der Waals surface area contributed by atoms with E-state index in [1.807, 2.05) is 0 Å². The van der Waals surface area contributed by atoms with Gasteiger partial charge in [0.1, 0.15) is 16.5 Å². The van der Waals surface area contributed by atoms with Gasteiger partial charge < -0.3 is 4.42 Å². The molecule has 0 unspecified atom stereocenters. The van der Waals surface area contributed by atoms with Gasteiger partial charge in [-0.15, -0.1) is 0 Å². The highest BCUT2D eigenvalue weighted by Crippen LogP contribution is 2.18. The average molecular weight is 269 g/mol. The zero-order chi connectivity index (χ0) is 13.2. The molecule has 4 nitrogen and oxygen atoms in total. The first-order valence-electron chi connectivity index (χ1n) is 5.31. The molecular weight excluding hydrogens is 257 g/mol. The number of benzene rings is 1. The van der Waals surface area contributed by atoms with Crippen LogP contribution in [0.1, 0.15) is 18.7 Å². The van der Waals surface area contributed by atoms with E-state index in [0.717, 1.165) is 6.07 Å². The lowest BCUT2D eigenvalue weighted by atomic mass is 10.3. The number of furan rings is 1. The van der Waals surface area contributed by atoms with Gasteiger partial charge in [-0.05, 0) is 31.2 Å². The van der Waals surface area contributed by atoms with E-state index in [1.165, 1.54) is 24.5 Å². The first-order valence-corrected chi connectivity index (χ1v) is 6.79. The molecule has 0 aliphatic rings. The summed E-state index contributed by atoms with van der Waals surface area (Å²) < 4.78 is 44.8. The summed E-state index contributed by atoms with van der Waals surface area (Å²) in [6, 6.07) is 7.96. The fraction of sp³-hybridized carbons (Fsp3) is 0.167. The fourth-order valence-electron chi connectivity index (χ4n) is 1.55. The molecule has 1 heterocycles. The molecule has 0 radical (unpaired) electrons. The number of rotatable bonds is 4. The van der Waals surface area contributed by atoms with Crippen LogP contribution >= 0.6 is 0 Å². The van der Waals surface area contributed by atoms with Crippen molar-refractivity contribution in [1.29, 1.82) is 0 Å². The Bertz CT molecular complexity index is 623. The van der Waals surface area contributed by atoms with E-state index in [1.54, 1.807) is 19.1 Å². The van der Waals surface area contributed by atoms with E-state index >= 15 is 0 Å². The summed E-state index contributed by atoms with van der Waals surface area (Å²) in [5, 5.41) is 0. The maximum absolute atomic E-state index is 13.4. The zero-order valence-corrected chi connectivity index (χ0v) is 10.4. The Morgan fingerprint density at radius 2 is 1.94 bits per heavy atom. The Kier molecular flexibility index (Phi) is 3.49. The van der Waals surface area contributed by atoms with Crippen LogP contribution < -0.4 is 4.72 Å². The van der Waals surface area contributed by atoms with Crippen LogP contribution in [0.3, 0.4) is 0 Å². The van der Waals surface area contributed by atoms with Gasteiger partial charge in [-0.3, -0.25) is 0 Å².